The Labute approximate surface area is 133 Å². The van der Waals surface area contributed by atoms with Gasteiger partial charge >= 0.3 is 0 Å². The van der Waals surface area contributed by atoms with Gasteiger partial charge in [0.25, 0.3) is 5.56 Å². The molecule has 0 spiro atoms. The molecule has 4 rings (SSSR count). The van der Waals surface area contributed by atoms with Crippen molar-refractivity contribution in [3.8, 4) is 0 Å². The van der Waals surface area contributed by atoms with Gasteiger partial charge in [-0.25, -0.2) is 14.5 Å². The third kappa shape index (κ3) is 2.79. The van der Waals surface area contributed by atoms with Crippen molar-refractivity contribution in [2.24, 2.45) is 7.05 Å². The summed E-state index contributed by atoms with van der Waals surface area (Å²) in [5.41, 5.74) is 2.36. The summed E-state index contributed by atoms with van der Waals surface area (Å²) in [6.45, 7) is 3.38. The number of fused-ring (bicyclic) bond motifs is 1. The first kappa shape index (κ1) is 14.2. The van der Waals surface area contributed by atoms with Gasteiger partial charge in [0.1, 0.15) is 5.82 Å². The van der Waals surface area contributed by atoms with Crippen LogP contribution in [0, 0.1) is 6.92 Å². The molecule has 0 unspecified atom stereocenters. The molecule has 3 aromatic heterocycles. The molecule has 23 heavy (non-hydrogen) atoms. The van der Waals surface area contributed by atoms with Gasteiger partial charge in [0.15, 0.2) is 5.65 Å². The summed E-state index contributed by atoms with van der Waals surface area (Å²) >= 11 is 0. The Morgan fingerprint density at radius 1 is 1.35 bits per heavy atom. The van der Waals surface area contributed by atoms with Gasteiger partial charge in [-0.3, -0.25) is 14.8 Å². The molecule has 3 aromatic rings. The van der Waals surface area contributed by atoms with E-state index >= 15 is 0 Å². The molecule has 0 saturated heterocycles. The number of imidazole rings is 1. The molecular formula is C16H20N6O. The molecule has 120 valence electrons. The average Bonchev–Trinajstić information content (AvgIpc) is 3.17. The van der Waals surface area contributed by atoms with Crippen LogP contribution in [0.1, 0.15) is 30.1 Å². The Kier molecular flexibility index (Phi) is 3.30. The van der Waals surface area contributed by atoms with Crippen LogP contribution in [0.4, 0.5) is 0 Å². The van der Waals surface area contributed by atoms with Crippen molar-refractivity contribution in [3.63, 3.8) is 0 Å². The molecule has 1 aliphatic carbocycles. The third-order valence-electron chi connectivity index (χ3n) is 4.33. The monoisotopic (exact) mass is 312 g/mol. The first-order valence-electron chi connectivity index (χ1n) is 7.89. The van der Waals surface area contributed by atoms with E-state index in [0.29, 0.717) is 18.2 Å². The van der Waals surface area contributed by atoms with Gasteiger partial charge in [0.2, 0.25) is 0 Å². The maximum absolute atomic E-state index is 12.2. The number of hydrogen-bond acceptors (Lipinski definition) is 4. The zero-order valence-electron chi connectivity index (χ0n) is 13.4. The van der Waals surface area contributed by atoms with Gasteiger partial charge < -0.3 is 4.57 Å². The summed E-state index contributed by atoms with van der Waals surface area (Å²) in [5.74, 6) is 1.03. The smallest absolute Gasteiger partial charge is 0.272 e. The predicted molar refractivity (Wildman–Crippen MR) is 86.0 cm³/mol. The molecule has 0 atom stereocenters. The van der Waals surface area contributed by atoms with Crippen molar-refractivity contribution in [2.75, 3.05) is 0 Å². The first-order chi connectivity index (χ1) is 11.1. The largest absolute Gasteiger partial charge is 0.337 e. The minimum atomic E-state index is -0.0640. The quantitative estimate of drug-likeness (QED) is 0.769. The first-order valence-corrected chi connectivity index (χ1v) is 7.89. The lowest BCUT2D eigenvalue weighted by Gasteiger charge is -2.21. The van der Waals surface area contributed by atoms with E-state index in [2.05, 4.69) is 20.0 Å². The van der Waals surface area contributed by atoms with Crippen LogP contribution in [0.3, 0.4) is 0 Å². The third-order valence-corrected chi connectivity index (χ3v) is 4.33. The molecule has 0 aliphatic heterocycles. The minimum Gasteiger partial charge on any atom is -0.337 e. The number of nitrogens with one attached hydrogen (secondary N) is 1. The summed E-state index contributed by atoms with van der Waals surface area (Å²) < 4.78 is 3.52. The number of nitrogens with zero attached hydrogens (tertiary/aromatic N) is 5. The van der Waals surface area contributed by atoms with Gasteiger partial charge in [-0.2, -0.15) is 0 Å². The second-order valence-corrected chi connectivity index (χ2v) is 6.31. The molecule has 0 bridgehead atoms. The maximum atomic E-state index is 12.2. The number of aryl methyl sites for hydroxylation is 2. The van der Waals surface area contributed by atoms with Crippen LogP contribution in [-0.2, 0) is 20.1 Å². The molecule has 1 N–H and O–H groups in total. The summed E-state index contributed by atoms with van der Waals surface area (Å²) in [6, 6.07) is 4.09. The van der Waals surface area contributed by atoms with E-state index in [1.807, 2.05) is 37.0 Å². The molecule has 0 amide bonds. The Morgan fingerprint density at radius 2 is 2.17 bits per heavy atom. The fourth-order valence-electron chi connectivity index (χ4n) is 2.93. The number of rotatable bonds is 5. The molecule has 0 radical (unpaired) electrons. The standard InChI is InChI=1S/C16H20N6O/c1-11-7-14-18-12(8-16(23)22(14)19-11)9-21(13-3-4-13)10-15-17-5-6-20(15)2/h5-8,13,19H,3-4,9-10H2,1-2H3. The van der Waals surface area contributed by atoms with Crippen molar-refractivity contribution in [1.82, 2.24) is 29.0 Å². The fourth-order valence-corrected chi connectivity index (χ4v) is 2.93. The van der Waals surface area contributed by atoms with Crippen molar-refractivity contribution in [3.05, 3.63) is 52.1 Å². The van der Waals surface area contributed by atoms with Crippen LogP contribution in [-0.4, -0.2) is 35.1 Å². The fraction of sp³-hybridized carbons (Fsp3) is 0.438. The molecule has 7 nitrogen and oxygen atoms in total. The molecule has 1 saturated carbocycles. The topological polar surface area (TPSA) is 71.2 Å². The zero-order chi connectivity index (χ0) is 16.0. The number of H-pyrrole nitrogens is 1. The molecule has 1 aliphatic rings. The maximum Gasteiger partial charge on any atom is 0.272 e. The SMILES string of the molecule is Cc1cc2nc(CN(Cc3nccn3C)C3CC3)cc(=O)n2[nH]1. The highest BCUT2D eigenvalue weighted by Gasteiger charge is 2.30. The number of aromatic nitrogens is 5. The van der Waals surface area contributed by atoms with Crippen LogP contribution in [0.2, 0.25) is 0 Å². The van der Waals surface area contributed by atoms with Crippen molar-refractivity contribution < 1.29 is 0 Å². The second-order valence-electron chi connectivity index (χ2n) is 6.31. The second kappa shape index (κ2) is 5.34. The zero-order valence-corrected chi connectivity index (χ0v) is 13.4. The van der Waals surface area contributed by atoms with Crippen LogP contribution >= 0.6 is 0 Å². The summed E-state index contributed by atoms with van der Waals surface area (Å²) in [7, 11) is 2.01. The molecule has 1 fully saturated rings. The van der Waals surface area contributed by atoms with E-state index in [9.17, 15) is 4.79 Å². The summed E-state index contributed by atoms with van der Waals surface area (Å²) in [6.07, 6.45) is 6.18. The normalized spacial score (nSPS) is 14.9. The van der Waals surface area contributed by atoms with Crippen molar-refractivity contribution in [2.45, 2.75) is 38.9 Å². The van der Waals surface area contributed by atoms with Crippen LogP contribution < -0.4 is 5.56 Å². The van der Waals surface area contributed by atoms with E-state index in [1.165, 1.54) is 17.4 Å². The average molecular weight is 312 g/mol. The van der Waals surface area contributed by atoms with E-state index in [1.54, 1.807) is 6.07 Å². The van der Waals surface area contributed by atoms with E-state index in [0.717, 1.165) is 23.8 Å². The Balaban J connectivity index is 1.61. The molecule has 3 heterocycles. The van der Waals surface area contributed by atoms with Gasteiger partial charge in [0.05, 0.1) is 12.2 Å². The van der Waals surface area contributed by atoms with Crippen molar-refractivity contribution >= 4 is 5.65 Å². The highest BCUT2D eigenvalue weighted by molar-refractivity contribution is 5.39. The summed E-state index contributed by atoms with van der Waals surface area (Å²) in [4.78, 5) is 23.6. The lowest BCUT2D eigenvalue weighted by molar-refractivity contribution is 0.234. The highest BCUT2D eigenvalue weighted by atomic mass is 16.1. The van der Waals surface area contributed by atoms with Gasteiger partial charge in [-0.1, -0.05) is 0 Å². The lowest BCUT2D eigenvalue weighted by Crippen LogP contribution is -2.28. The van der Waals surface area contributed by atoms with Crippen molar-refractivity contribution in [1.29, 1.82) is 0 Å². The van der Waals surface area contributed by atoms with Gasteiger partial charge in [-0.15, -0.1) is 0 Å². The Bertz CT molecular complexity index is 901. The van der Waals surface area contributed by atoms with Crippen LogP contribution in [0.15, 0.2) is 29.3 Å². The van der Waals surface area contributed by atoms with E-state index in [-0.39, 0.29) is 5.56 Å². The minimum absolute atomic E-state index is 0.0640. The van der Waals surface area contributed by atoms with Crippen LogP contribution in [0.5, 0.6) is 0 Å². The highest BCUT2D eigenvalue weighted by Crippen LogP contribution is 2.29. The summed E-state index contributed by atoms with van der Waals surface area (Å²) in [5, 5.41) is 3.00. The lowest BCUT2D eigenvalue weighted by atomic mass is 10.3. The van der Waals surface area contributed by atoms with E-state index in [4.69, 9.17) is 0 Å². The molecule has 7 heteroatoms. The number of aromatic amines is 1. The predicted octanol–water partition coefficient (Wildman–Crippen LogP) is 1.23. The van der Waals surface area contributed by atoms with Gasteiger partial charge in [0, 0.05) is 49.9 Å². The molecule has 0 aromatic carbocycles. The van der Waals surface area contributed by atoms with Crippen LogP contribution in [0.25, 0.3) is 5.65 Å². The number of hydrogen-bond donors (Lipinski definition) is 1. The van der Waals surface area contributed by atoms with Gasteiger partial charge in [-0.05, 0) is 19.8 Å². The molecular weight excluding hydrogens is 292 g/mol. The Hall–Kier alpha value is -2.41. The Morgan fingerprint density at radius 3 is 2.87 bits per heavy atom. The van der Waals surface area contributed by atoms with E-state index < -0.39 is 0 Å².